The predicted molar refractivity (Wildman–Crippen MR) is 126 cm³/mol. The Labute approximate surface area is 203 Å². The molecular formula is C27H28FN3O4. The summed E-state index contributed by atoms with van der Waals surface area (Å²) < 4.78 is 25.0. The maximum atomic E-state index is 13.6. The maximum absolute atomic E-state index is 13.6. The van der Waals surface area contributed by atoms with E-state index in [0.29, 0.717) is 18.2 Å². The molecule has 2 aliphatic rings. The van der Waals surface area contributed by atoms with Gasteiger partial charge in [0.25, 0.3) is 5.91 Å². The van der Waals surface area contributed by atoms with Crippen molar-refractivity contribution in [1.82, 2.24) is 15.2 Å². The quantitative estimate of drug-likeness (QED) is 0.545. The second-order valence-electron chi connectivity index (χ2n) is 9.41. The number of fused-ring (bicyclic) bond motifs is 1. The zero-order valence-corrected chi connectivity index (χ0v) is 19.8. The van der Waals surface area contributed by atoms with Crippen molar-refractivity contribution in [2.24, 2.45) is 5.92 Å². The molecule has 35 heavy (non-hydrogen) atoms. The zero-order chi connectivity index (χ0) is 24.5. The normalized spacial score (nSPS) is 17.3. The average molecular weight is 478 g/mol. The van der Waals surface area contributed by atoms with Gasteiger partial charge in [-0.05, 0) is 60.2 Å². The lowest BCUT2D eigenvalue weighted by Gasteiger charge is -2.39. The van der Waals surface area contributed by atoms with Crippen LogP contribution < -0.4 is 10.1 Å². The van der Waals surface area contributed by atoms with E-state index >= 15 is 0 Å². The van der Waals surface area contributed by atoms with Crippen LogP contribution in [-0.4, -0.2) is 34.3 Å². The standard InChI is InChI=1S/C27H28FN3O4/c1-16(2)27(33)31-12-11-17-5-10-21(13-22(17)25(31)18-3-6-19(28)7-4-18)34-15-24-30-23(14-35-24)26(32)29-20-8-9-20/h3-7,10,13-14,16,20,25H,8-9,11-12,15H2,1-2H3,(H,29,32)/t25-/m1/s1. The summed E-state index contributed by atoms with van der Waals surface area (Å²) in [6.45, 7) is 4.42. The summed E-state index contributed by atoms with van der Waals surface area (Å²) in [5, 5.41) is 2.88. The van der Waals surface area contributed by atoms with E-state index in [0.717, 1.165) is 36.0 Å². The van der Waals surface area contributed by atoms with Crippen molar-refractivity contribution in [1.29, 1.82) is 0 Å². The molecular weight excluding hydrogens is 449 g/mol. The fourth-order valence-electron chi connectivity index (χ4n) is 4.37. The average Bonchev–Trinajstić information content (AvgIpc) is 3.54. The molecule has 0 bridgehead atoms. The highest BCUT2D eigenvalue weighted by atomic mass is 19.1. The van der Waals surface area contributed by atoms with Gasteiger partial charge in [-0.1, -0.05) is 32.0 Å². The Morgan fingerprint density at radius 1 is 1.20 bits per heavy atom. The van der Waals surface area contributed by atoms with Crippen LogP contribution in [0.5, 0.6) is 5.75 Å². The van der Waals surface area contributed by atoms with Gasteiger partial charge in [-0.3, -0.25) is 9.59 Å². The number of nitrogens with zero attached hydrogens (tertiary/aromatic N) is 2. The fourth-order valence-corrected chi connectivity index (χ4v) is 4.37. The van der Waals surface area contributed by atoms with Crippen LogP contribution in [0.1, 0.15) is 65.8 Å². The molecule has 1 saturated carbocycles. The number of hydrogen-bond donors (Lipinski definition) is 1. The lowest BCUT2D eigenvalue weighted by atomic mass is 9.87. The number of halogens is 1. The van der Waals surface area contributed by atoms with Crippen molar-refractivity contribution in [2.45, 2.75) is 51.8 Å². The first-order valence-corrected chi connectivity index (χ1v) is 12.0. The summed E-state index contributed by atoms with van der Waals surface area (Å²) >= 11 is 0. The third-order valence-electron chi connectivity index (χ3n) is 6.37. The highest BCUT2D eigenvalue weighted by molar-refractivity contribution is 5.92. The molecule has 1 N–H and O–H groups in total. The minimum absolute atomic E-state index is 0.0492. The van der Waals surface area contributed by atoms with Gasteiger partial charge in [-0.25, -0.2) is 9.37 Å². The molecule has 1 aromatic heterocycles. The Hall–Kier alpha value is -3.68. The molecule has 182 valence electrons. The summed E-state index contributed by atoms with van der Waals surface area (Å²) in [6, 6.07) is 12.0. The Balaban J connectivity index is 1.37. The van der Waals surface area contributed by atoms with Crippen LogP contribution >= 0.6 is 0 Å². The molecule has 7 nitrogen and oxygen atoms in total. The van der Waals surface area contributed by atoms with Crippen molar-refractivity contribution in [3.63, 3.8) is 0 Å². The molecule has 0 saturated heterocycles. The van der Waals surface area contributed by atoms with Crippen LogP contribution in [-0.2, 0) is 17.8 Å². The highest BCUT2D eigenvalue weighted by Gasteiger charge is 2.33. The van der Waals surface area contributed by atoms with E-state index in [4.69, 9.17) is 9.15 Å². The molecule has 0 unspecified atom stereocenters. The molecule has 5 rings (SSSR count). The van der Waals surface area contributed by atoms with Crippen molar-refractivity contribution < 1.29 is 23.1 Å². The minimum atomic E-state index is -0.336. The second-order valence-corrected chi connectivity index (χ2v) is 9.41. The molecule has 0 spiro atoms. The third kappa shape index (κ3) is 5.06. The summed E-state index contributed by atoms with van der Waals surface area (Å²) in [7, 11) is 0. The van der Waals surface area contributed by atoms with Gasteiger partial charge in [0.15, 0.2) is 12.3 Å². The molecule has 3 aromatic rings. The van der Waals surface area contributed by atoms with Gasteiger partial charge in [0.1, 0.15) is 17.8 Å². The van der Waals surface area contributed by atoms with Crippen molar-refractivity contribution in [3.8, 4) is 5.75 Å². The first-order chi connectivity index (χ1) is 16.9. The SMILES string of the molecule is CC(C)C(=O)N1CCc2ccc(OCc3nc(C(=O)NC4CC4)co3)cc2[C@H]1c1ccc(F)cc1. The van der Waals surface area contributed by atoms with Gasteiger partial charge in [-0.15, -0.1) is 0 Å². The molecule has 2 aromatic carbocycles. The summed E-state index contributed by atoms with van der Waals surface area (Å²) in [6.07, 6.45) is 4.06. The largest absolute Gasteiger partial charge is 0.484 e. The van der Waals surface area contributed by atoms with E-state index < -0.39 is 0 Å². The topological polar surface area (TPSA) is 84.7 Å². The van der Waals surface area contributed by atoms with Crippen LogP contribution in [0.3, 0.4) is 0 Å². The van der Waals surface area contributed by atoms with E-state index in [-0.39, 0.29) is 47.9 Å². The van der Waals surface area contributed by atoms with Gasteiger partial charge in [0, 0.05) is 18.5 Å². The number of carbonyl (C=O) groups excluding carboxylic acids is 2. The lowest BCUT2D eigenvalue weighted by molar-refractivity contribution is -0.136. The summed E-state index contributed by atoms with van der Waals surface area (Å²) in [5.41, 5.74) is 3.15. The Morgan fingerprint density at radius 3 is 2.69 bits per heavy atom. The maximum Gasteiger partial charge on any atom is 0.273 e. The molecule has 2 amide bonds. The minimum Gasteiger partial charge on any atom is -0.484 e. The molecule has 1 aliphatic carbocycles. The molecule has 8 heteroatoms. The lowest BCUT2D eigenvalue weighted by Crippen LogP contribution is -2.42. The number of aromatic nitrogens is 1. The smallest absolute Gasteiger partial charge is 0.273 e. The monoisotopic (exact) mass is 477 g/mol. The fraction of sp³-hybridized carbons (Fsp3) is 0.370. The Kier molecular flexibility index (Phi) is 6.28. The number of oxazole rings is 1. The molecule has 1 aliphatic heterocycles. The highest BCUT2D eigenvalue weighted by Crippen LogP contribution is 2.38. The van der Waals surface area contributed by atoms with Gasteiger partial charge in [-0.2, -0.15) is 0 Å². The van der Waals surface area contributed by atoms with E-state index in [1.54, 1.807) is 12.1 Å². The van der Waals surface area contributed by atoms with Crippen LogP contribution in [0.25, 0.3) is 0 Å². The van der Waals surface area contributed by atoms with Crippen molar-refractivity contribution in [2.75, 3.05) is 6.54 Å². The number of benzene rings is 2. The first-order valence-electron chi connectivity index (χ1n) is 12.0. The number of hydrogen-bond acceptors (Lipinski definition) is 5. The van der Waals surface area contributed by atoms with E-state index in [9.17, 15) is 14.0 Å². The number of rotatable bonds is 7. The zero-order valence-electron chi connectivity index (χ0n) is 19.8. The van der Waals surface area contributed by atoms with E-state index in [2.05, 4.69) is 10.3 Å². The predicted octanol–water partition coefficient (Wildman–Crippen LogP) is 4.42. The first kappa shape index (κ1) is 23.1. The third-order valence-corrected chi connectivity index (χ3v) is 6.37. The van der Waals surface area contributed by atoms with Crippen LogP contribution in [0.4, 0.5) is 4.39 Å². The van der Waals surface area contributed by atoms with E-state index in [1.165, 1.54) is 18.4 Å². The van der Waals surface area contributed by atoms with Crippen molar-refractivity contribution in [3.05, 3.63) is 82.8 Å². The van der Waals surface area contributed by atoms with Gasteiger partial charge >= 0.3 is 0 Å². The van der Waals surface area contributed by atoms with Gasteiger partial charge in [0.05, 0.1) is 6.04 Å². The Bertz CT molecular complexity index is 1230. The van der Waals surface area contributed by atoms with Crippen molar-refractivity contribution >= 4 is 11.8 Å². The number of ether oxygens (including phenoxy) is 1. The molecule has 2 heterocycles. The van der Waals surface area contributed by atoms with Crippen LogP contribution in [0.2, 0.25) is 0 Å². The van der Waals surface area contributed by atoms with Crippen LogP contribution in [0, 0.1) is 11.7 Å². The number of nitrogens with one attached hydrogen (secondary N) is 1. The van der Waals surface area contributed by atoms with Gasteiger partial charge < -0.3 is 19.4 Å². The summed E-state index contributed by atoms with van der Waals surface area (Å²) in [5.74, 6) is 0.226. The molecule has 1 fully saturated rings. The molecule has 1 atom stereocenters. The summed E-state index contributed by atoms with van der Waals surface area (Å²) in [4.78, 5) is 31.3. The van der Waals surface area contributed by atoms with Gasteiger partial charge in [0.2, 0.25) is 11.8 Å². The Morgan fingerprint density at radius 2 is 1.97 bits per heavy atom. The van der Waals surface area contributed by atoms with E-state index in [1.807, 2.05) is 36.9 Å². The van der Waals surface area contributed by atoms with Crippen LogP contribution in [0.15, 0.2) is 53.1 Å². The number of amides is 2. The number of carbonyl (C=O) groups is 2. The molecule has 0 radical (unpaired) electrons. The second kappa shape index (κ2) is 9.52.